The highest BCUT2D eigenvalue weighted by Crippen LogP contribution is 2.34. The number of phenols is 1. The number of benzene rings is 1. The first kappa shape index (κ1) is 27.2. The Kier molecular flexibility index (Phi) is 9.32. The number of halogens is 1. The highest BCUT2D eigenvalue weighted by molar-refractivity contribution is 6.32. The molecule has 3 rings (SSSR count). The highest BCUT2D eigenvalue weighted by atomic mass is 35.5. The molecule has 5 heteroatoms. The number of carbonyl (C=O) groups is 1. The van der Waals surface area contributed by atoms with Gasteiger partial charge in [0.1, 0.15) is 5.75 Å². The zero-order chi connectivity index (χ0) is 25.7. The summed E-state index contributed by atoms with van der Waals surface area (Å²) in [5.74, 6) is 1.59. The maximum Gasteiger partial charge on any atom is 0.161 e. The van der Waals surface area contributed by atoms with Gasteiger partial charge in [0.2, 0.25) is 0 Å². The van der Waals surface area contributed by atoms with Crippen LogP contribution >= 0.6 is 11.6 Å². The molecule has 1 saturated carbocycles. The second-order valence-corrected chi connectivity index (χ2v) is 10.7. The van der Waals surface area contributed by atoms with Crippen molar-refractivity contribution in [3.8, 4) is 5.75 Å². The molecule has 1 aliphatic rings. The van der Waals surface area contributed by atoms with Gasteiger partial charge in [0.25, 0.3) is 0 Å². The van der Waals surface area contributed by atoms with E-state index in [1.54, 1.807) is 19.2 Å². The minimum Gasteiger partial charge on any atom is -0.506 e. The molecular formula is C30H39ClN2O2. The van der Waals surface area contributed by atoms with E-state index < -0.39 is 0 Å². The Bertz CT molecular complexity index is 1100. The zero-order valence-electron chi connectivity index (χ0n) is 22.0. The van der Waals surface area contributed by atoms with Gasteiger partial charge in [-0.05, 0) is 132 Å². The second-order valence-electron chi connectivity index (χ2n) is 10.3. The molecule has 1 N–H and O–H groups in total. The van der Waals surface area contributed by atoms with Gasteiger partial charge in [-0.2, -0.15) is 0 Å². The van der Waals surface area contributed by atoms with Gasteiger partial charge in [-0.25, -0.2) is 0 Å². The van der Waals surface area contributed by atoms with E-state index in [4.69, 9.17) is 11.6 Å². The zero-order valence-corrected chi connectivity index (χ0v) is 22.7. The molecule has 0 spiro atoms. The van der Waals surface area contributed by atoms with Crippen LogP contribution in [0, 0.1) is 25.7 Å². The molecule has 2 aromatic rings. The van der Waals surface area contributed by atoms with Crippen LogP contribution in [-0.4, -0.2) is 41.4 Å². The number of Topliss-reactive ketones (excluding diaryl/α,β-unsaturated/α-hetero) is 1. The first-order valence-electron chi connectivity index (χ1n) is 12.6. The van der Waals surface area contributed by atoms with Gasteiger partial charge in [-0.1, -0.05) is 23.8 Å². The van der Waals surface area contributed by atoms with E-state index in [9.17, 15) is 9.90 Å². The second kappa shape index (κ2) is 12.0. The summed E-state index contributed by atoms with van der Waals surface area (Å²) in [5, 5.41) is 10.4. The van der Waals surface area contributed by atoms with Crippen LogP contribution in [0.5, 0.6) is 5.75 Å². The Labute approximate surface area is 215 Å². The van der Waals surface area contributed by atoms with Crippen molar-refractivity contribution in [3.63, 3.8) is 0 Å². The molecule has 35 heavy (non-hydrogen) atoms. The van der Waals surface area contributed by atoms with Crippen LogP contribution in [0.4, 0.5) is 0 Å². The molecule has 0 aliphatic heterocycles. The lowest BCUT2D eigenvalue weighted by atomic mass is 9.78. The van der Waals surface area contributed by atoms with Crippen molar-refractivity contribution in [2.45, 2.75) is 59.8 Å². The summed E-state index contributed by atoms with van der Waals surface area (Å²) in [5.41, 5.74) is 6.54. The van der Waals surface area contributed by atoms with Crippen LogP contribution in [-0.2, 0) is 6.42 Å². The largest absolute Gasteiger partial charge is 0.506 e. The Morgan fingerprint density at radius 1 is 1.17 bits per heavy atom. The van der Waals surface area contributed by atoms with Gasteiger partial charge in [-0.3, -0.25) is 9.78 Å². The smallest absolute Gasteiger partial charge is 0.161 e. The van der Waals surface area contributed by atoms with Crippen molar-refractivity contribution in [2.75, 3.05) is 20.6 Å². The molecule has 0 radical (unpaired) electrons. The van der Waals surface area contributed by atoms with E-state index in [2.05, 4.69) is 30.9 Å². The van der Waals surface area contributed by atoms with Crippen LogP contribution in [0.3, 0.4) is 0 Å². The van der Waals surface area contributed by atoms with E-state index in [-0.39, 0.29) is 11.5 Å². The molecule has 1 aromatic carbocycles. The summed E-state index contributed by atoms with van der Waals surface area (Å²) in [6.07, 6.45) is 13.7. The molecule has 0 unspecified atom stereocenters. The summed E-state index contributed by atoms with van der Waals surface area (Å²) in [6, 6.07) is 3.71. The Morgan fingerprint density at radius 3 is 2.40 bits per heavy atom. The Balaban J connectivity index is 1.84. The number of allylic oxidation sites excluding steroid dienone is 3. The van der Waals surface area contributed by atoms with Crippen molar-refractivity contribution >= 4 is 29.0 Å². The Morgan fingerprint density at radius 2 is 1.83 bits per heavy atom. The predicted octanol–water partition coefficient (Wildman–Crippen LogP) is 7.29. The predicted molar refractivity (Wildman–Crippen MR) is 147 cm³/mol. The van der Waals surface area contributed by atoms with Gasteiger partial charge in [0.15, 0.2) is 5.78 Å². The molecule has 0 amide bonds. The quantitative estimate of drug-likeness (QED) is 0.309. The lowest BCUT2D eigenvalue weighted by molar-refractivity contribution is 0.101. The fourth-order valence-electron chi connectivity index (χ4n) is 5.25. The molecule has 0 atom stereocenters. The number of pyridine rings is 1. The normalized spacial score (nSPS) is 19.0. The number of phenolic OH excluding ortho intramolecular Hbond substituents is 1. The third-order valence-electron chi connectivity index (χ3n) is 7.28. The third-order valence-corrected chi connectivity index (χ3v) is 7.56. The number of aryl methyl sites for hydroxylation is 1. The molecule has 1 heterocycles. The third kappa shape index (κ3) is 6.83. The minimum absolute atomic E-state index is 0.0794. The van der Waals surface area contributed by atoms with Crippen LogP contribution in [0.15, 0.2) is 30.5 Å². The molecule has 188 valence electrons. The number of hydrogen-bond donors (Lipinski definition) is 1. The lowest BCUT2D eigenvalue weighted by Gasteiger charge is -2.31. The number of ketones is 1. The fourth-order valence-corrected chi connectivity index (χ4v) is 5.52. The maximum absolute atomic E-state index is 12.4. The van der Waals surface area contributed by atoms with Crippen LogP contribution in [0.1, 0.15) is 77.8 Å². The van der Waals surface area contributed by atoms with Gasteiger partial charge >= 0.3 is 0 Å². The van der Waals surface area contributed by atoms with E-state index in [0.717, 1.165) is 58.0 Å². The first-order valence-corrected chi connectivity index (χ1v) is 13.0. The van der Waals surface area contributed by atoms with Crippen LogP contribution in [0.2, 0.25) is 5.02 Å². The number of hydrogen-bond acceptors (Lipinski definition) is 4. The van der Waals surface area contributed by atoms with Crippen molar-refractivity contribution in [1.29, 1.82) is 0 Å². The Hall–Kier alpha value is -2.43. The van der Waals surface area contributed by atoms with Gasteiger partial charge in [-0.15, -0.1) is 0 Å². The minimum atomic E-state index is 0.0794. The number of aromatic nitrogens is 1. The number of carbonyl (C=O) groups excluding carboxylic acids is 1. The monoisotopic (exact) mass is 494 g/mol. The van der Waals surface area contributed by atoms with E-state index >= 15 is 0 Å². The van der Waals surface area contributed by atoms with Crippen LogP contribution in [0.25, 0.3) is 11.6 Å². The first-order chi connectivity index (χ1) is 16.6. The summed E-state index contributed by atoms with van der Waals surface area (Å²) in [7, 11) is 4.30. The van der Waals surface area contributed by atoms with Gasteiger partial charge in [0, 0.05) is 18.3 Å². The molecular weight excluding hydrogens is 456 g/mol. The SMILES string of the molecule is C/C=C(/C=C\c1ncc(C(C)=O)c(C[C@H]2CC[C@H](CN(C)C)CC2)c1C)c1cc(C)c(O)c(Cl)c1. The fraction of sp³-hybridized carbons (Fsp3) is 0.467. The summed E-state index contributed by atoms with van der Waals surface area (Å²) in [4.78, 5) is 19.4. The average Bonchev–Trinajstić information content (AvgIpc) is 2.80. The van der Waals surface area contributed by atoms with E-state index in [1.165, 1.54) is 25.7 Å². The van der Waals surface area contributed by atoms with Gasteiger partial charge in [0.05, 0.1) is 10.7 Å². The molecule has 4 nitrogen and oxygen atoms in total. The molecule has 1 fully saturated rings. The summed E-state index contributed by atoms with van der Waals surface area (Å²) in [6.45, 7) is 8.70. The summed E-state index contributed by atoms with van der Waals surface area (Å²) >= 11 is 6.21. The summed E-state index contributed by atoms with van der Waals surface area (Å²) < 4.78 is 0. The average molecular weight is 495 g/mol. The molecule has 0 bridgehead atoms. The lowest BCUT2D eigenvalue weighted by Crippen LogP contribution is -2.26. The van der Waals surface area contributed by atoms with Crippen molar-refractivity contribution < 1.29 is 9.90 Å². The number of rotatable bonds is 8. The topological polar surface area (TPSA) is 53.4 Å². The van der Waals surface area contributed by atoms with Crippen LogP contribution < -0.4 is 0 Å². The van der Waals surface area contributed by atoms with Crippen molar-refractivity contribution in [1.82, 2.24) is 9.88 Å². The number of nitrogens with zero attached hydrogens (tertiary/aromatic N) is 2. The van der Waals surface area contributed by atoms with E-state index in [1.807, 2.05) is 38.1 Å². The van der Waals surface area contributed by atoms with E-state index in [0.29, 0.717) is 10.9 Å². The number of aromatic hydroxyl groups is 1. The van der Waals surface area contributed by atoms with Gasteiger partial charge < -0.3 is 10.0 Å². The van der Waals surface area contributed by atoms with Crippen molar-refractivity contribution in [3.05, 3.63) is 69.0 Å². The standard InChI is InChI=1S/C30H39ClN2O2/c1-7-24(25-14-19(2)30(35)28(31)16-25)12-13-29-20(3)26(27(17-32-29)21(4)34)15-22-8-10-23(11-9-22)18-33(5)6/h7,12-14,16-17,22-23,35H,8-11,15,18H2,1-6H3/b13-12-,24-7-/t22-,23-. The maximum atomic E-state index is 12.4. The molecule has 1 aliphatic carbocycles. The molecule has 1 aromatic heterocycles. The highest BCUT2D eigenvalue weighted by Gasteiger charge is 2.24. The molecule has 0 saturated heterocycles. The van der Waals surface area contributed by atoms with Crippen molar-refractivity contribution in [2.24, 2.45) is 11.8 Å².